The second kappa shape index (κ2) is 5.06. The van der Waals surface area contributed by atoms with E-state index in [9.17, 15) is 0 Å². The summed E-state index contributed by atoms with van der Waals surface area (Å²) in [6, 6.07) is 11.6. The van der Waals surface area contributed by atoms with Crippen LogP contribution in [-0.2, 0) is 0 Å². The maximum atomic E-state index is 5.99. The summed E-state index contributed by atoms with van der Waals surface area (Å²) in [5.74, 6) is 8.16. The number of nitrogens with one attached hydrogen (secondary N) is 1. The molecule has 0 amide bonds. The second-order valence-corrected chi connectivity index (χ2v) is 5.14. The molecule has 94 valence electrons. The van der Waals surface area contributed by atoms with Gasteiger partial charge in [-0.15, -0.1) is 11.8 Å². The van der Waals surface area contributed by atoms with E-state index in [1.165, 1.54) is 4.90 Å². The van der Waals surface area contributed by atoms with E-state index in [2.05, 4.69) is 11.5 Å². The zero-order valence-electron chi connectivity index (χ0n) is 9.71. The van der Waals surface area contributed by atoms with Gasteiger partial charge in [0.15, 0.2) is 0 Å². The molecule has 0 radical (unpaired) electrons. The first-order valence-electron chi connectivity index (χ1n) is 5.76. The quantitative estimate of drug-likeness (QED) is 0.656. The van der Waals surface area contributed by atoms with Gasteiger partial charge in [-0.2, -0.15) is 0 Å². The van der Waals surface area contributed by atoms with E-state index in [0.29, 0.717) is 0 Å². The zero-order valence-corrected chi connectivity index (χ0v) is 10.5. The molecule has 0 fully saturated rings. The Balaban J connectivity index is 1.82. The van der Waals surface area contributed by atoms with Crippen LogP contribution in [0.1, 0.15) is 11.8 Å². The van der Waals surface area contributed by atoms with Crippen LogP contribution in [0.4, 0.5) is 0 Å². The number of thioether (sulfide) groups is 1. The Hall–Kier alpha value is -1.43. The predicted octanol–water partition coefficient (Wildman–Crippen LogP) is 2.34. The van der Waals surface area contributed by atoms with Crippen LogP contribution in [-0.4, -0.2) is 11.9 Å². The lowest BCUT2D eigenvalue weighted by atomic mass is 10.1. The minimum atomic E-state index is -0.138. The van der Waals surface area contributed by atoms with Crippen LogP contribution in [0.2, 0.25) is 0 Å². The van der Waals surface area contributed by atoms with E-state index in [0.717, 1.165) is 17.3 Å². The number of nitrogens with two attached hydrogens (primary N) is 1. The molecule has 1 aliphatic rings. The lowest BCUT2D eigenvalue weighted by Gasteiger charge is -2.30. The van der Waals surface area contributed by atoms with Crippen molar-refractivity contribution in [2.24, 2.45) is 5.84 Å². The predicted molar refractivity (Wildman–Crippen MR) is 70.4 cm³/mol. The summed E-state index contributed by atoms with van der Waals surface area (Å²) in [6.45, 7) is 0. The fourth-order valence-corrected chi connectivity index (χ4v) is 3.08. The Morgan fingerprint density at radius 2 is 2.17 bits per heavy atom. The molecule has 1 aliphatic heterocycles. The molecule has 2 aromatic rings. The first kappa shape index (κ1) is 11.6. The Morgan fingerprint density at radius 1 is 1.28 bits per heavy atom. The maximum absolute atomic E-state index is 5.99. The Bertz CT molecular complexity index is 515. The van der Waals surface area contributed by atoms with Crippen molar-refractivity contribution in [3.8, 4) is 5.75 Å². The molecule has 2 atom stereocenters. The van der Waals surface area contributed by atoms with Crippen molar-refractivity contribution >= 4 is 11.8 Å². The Labute approximate surface area is 109 Å². The first-order chi connectivity index (χ1) is 8.88. The largest absolute Gasteiger partial charge is 0.486 e. The molecule has 5 heteroatoms. The van der Waals surface area contributed by atoms with Gasteiger partial charge < -0.3 is 9.15 Å². The van der Waals surface area contributed by atoms with Crippen molar-refractivity contribution in [3.05, 3.63) is 48.4 Å². The van der Waals surface area contributed by atoms with Gasteiger partial charge in [-0.3, -0.25) is 5.84 Å². The molecule has 0 spiro atoms. The van der Waals surface area contributed by atoms with E-state index >= 15 is 0 Å². The third-order valence-electron chi connectivity index (χ3n) is 2.93. The molecule has 18 heavy (non-hydrogen) atoms. The molecular formula is C13H14N2O2S. The highest BCUT2D eigenvalue weighted by Gasteiger charge is 2.30. The molecule has 0 saturated carbocycles. The summed E-state index contributed by atoms with van der Waals surface area (Å²) in [5.41, 5.74) is 2.77. The van der Waals surface area contributed by atoms with Gasteiger partial charge in [0.1, 0.15) is 23.7 Å². The fourth-order valence-electron chi connectivity index (χ4n) is 2.04. The molecule has 2 heterocycles. The lowest BCUT2D eigenvalue weighted by Crippen LogP contribution is -2.41. The number of fused-ring (bicyclic) bond motifs is 1. The van der Waals surface area contributed by atoms with Crippen molar-refractivity contribution in [1.29, 1.82) is 0 Å². The van der Waals surface area contributed by atoms with E-state index in [1.807, 2.05) is 30.3 Å². The van der Waals surface area contributed by atoms with E-state index < -0.39 is 0 Å². The number of ether oxygens (including phenoxy) is 1. The van der Waals surface area contributed by atoms with Crippen LogP contribution in [0, 0.1) is 0 Å². The summed E-state index contributed by atoms with van der Waals surface area (Å²) in [7, 11) is 0. The minimum absolute atomic E-state index is 0.0407. The molecule has 3 rings (SSSR count). The van der Waals surface area contributed by atoms with Crippen LogP contribution in [0.15, 0.2) is 52.0 Å². The van der Waals surface area contributed by atoms with Crippen molar-refractivity contribution < 1.29 is 9.15 Å². The van der Waals surface area contributed by atoms with E-state index in [1.54, 1.807) is 18.0 Å². The molecular weight excluding hydrogens is 248 g/mol. The standard InChI is InChI=1S/C13H14N2O2S/c14-15-13(10-5-3-7-16-10)11-8-18-12-6-2-1-4-9(12)17-11/h1-7,11,13,15H,8,14H2. The zero-order chi connectivity index (χ0) is 12.4. The van der Waals surface area contributed by atoms with Gasteiger partial charge in [0.05, 0.1) is 6.26 Å². The molecule has 0 bridgehead atoms. The van der Waals surface area contributed by atoms with Gasteiger partial charge in [-0.1, -0.05) is 12.1 Å². The highest BCUT2D eigenvalue weighted by Crippen LogP contribution is 2.38. The van der Waals surface area contributed by atoms with Crippen LogP contribution in [0.3, 0.4) is 0 Å². The second-order valence-electron chi connectivity index (χ2n) is 4.07. The third-order valence-corrected chi connectivity index (χ3v) is 4.08. The molecule has 0 aliphatic carbocycles. The SMILES string of the molecule is NNC(c1ccco1)C1CSc2ccccc2O1. The summed E-state index contributed by atoms with van der Waals surface area (Å²) in [4.78, 5) is 1.17. The van der Waals surface area contributed by atoms with Crippen LogP contribution < -0.4 is 16.0 Å². The normalized spacial score (nSPS) is 19.9. The number of rotatable bonds is 3. The molecule has 2 unspecified atom stereocenters. The third kappa shape index (κ3) is 2.12. The molecule has 0 saturated heterocycles. The van der Waals surface area contributed by atoms with Gasteiger partial charge in [-0.25, -0.2) is 5.43 Å². The number of hydrogen-bond donors (Lipinski definition) is 2. The average Bonchev–Trinajstić information content (AvgIpc) is 2.93. The monoisotopic (exact) mass is 262 g/mol. The summed E-state index contributed by atoms with van der Waals surface area (Å²) in [5, 5.41) is 0. The number of para-hydroxylation sites is 1. The van der Waals surface area contributed by atoms with Crippen molar-refractivity contribution in [2.75, 3.05) is 5.75 Å². The van der Waals surface area contributed by atoms with Gasteiger partial charge in [0.2, 0.25) is 0 Å². The summed E-state index contributed by atoms with van der Waals surface area (Å²) >= 11 is 1.78. The van der Waals surface area contributed by atoms with Crippen LogP contribution in [0.5, 0.6) is 5.75 Å². The Kier molecular flexibility index (Phi) is 3.27. The van der Waals surface area contributed by atoms with Crippen molar-refractivity contribution in [1.82, 2.24) is 5.43 Å². The highest BCUT2D eigenvalue weighted by molar-refractivity contribution is 7.99. The lowest BCUT2D eigenvalue weighted by molar-refractivity contribution is 0.154. The number of hydrazine groups is 1. The smallest absolute Gasteiger partial charge is 0.133 e. The Morgan fingerprint density at radius 3 is 2.94 bits per heavy atom. The van der Waals surface area contributed by atoms with Gasteiger partial charge in [0, 0.05) is 10.6 Å². The number of furan rings is 1. The fraction of sp³-hybridized carbons (Fsp3) is 0.231. The molecule has 1 aromatic heterocycles. The first-order valence-corrected chi connectivity index (χ1v) is 6.75. The minimum Gasteiger partial charge on any atom is -0.486 e. The molecule has 4 nitrogen and oxygen atoms in total. The topological polar surface area (TPSA) is 60.4 Å². The maximum Gasteiger partial charge on any atom is 0.133 e. The van der Waals surface area contributed by atoms with Gasteiger partial charge >= 0.3 is 0 Å². The van der Waals surface area contributed by atoms with E-state index in [4.69, 9.17) is 15.0 Å². The van der Waals surface area contributed by atoms with Crippen LogP contribution >= 0.6 is 11.8 Å². The van der Waals surface area contributed by atoms with Gasteiger partial charge in [0.25, 0.3) is 0 Å². The summed E-state index contributed by atoms with van der Waals surface area (Å²) < 4.78 is 11.4. The average molecular weight is 262 g/mol. The number of hydrogen-bond acceptors (Lipinski definition) is 5. The number of benzene rings is 1. The molecule has 3 N–H and O–H groups in total. The van der Waals surface area contributed by atoms with Gasteiger partial charge in [-0.05, 0) is 24.3 Å². The van der Waals surface area contributed by atoms with Crippen molar-refractivity contribution in [2.45, 2.75) is 17.0 Å². The highest BCUT2D eigenvalue weighted by atomic mass is 32.2. The van der Waals surface area contributed by atoms with Crippen LogP contribution in [0.25, 0.3) is 0 Å². The van der Waals surface area contributed by atoms with E-state index in [-0.39, 0.29) is 12.1 Å². The molecule has 1 aromatic carbocycles. The van der Waals surface area contributed by atoms with Crippen molar-refractivity contribution in [3.63, 3.8) is 0 Å². The summed E-state index contributed by atoms with van der Waals surface area (Å²) in [6.07, 6.45) is 1.60.